The molecule has 1 atom stereocenters. The molecule has 116 valence electrons. The molecule has 6 nitrogen and oxygen atoms in total. The summed E-state index contributed by atoms with van der Waals surface area (Å²) in [6.07, 6.45) is 1.06. The number of esters is 1. The lowest BCUT2D eigenvalue weighted by Crippen LogP contribution is -2.51. The van der Waals surface area contributed by atoms with Gasteiger partial charge in [0.1, 0.15) is 4.88 Å². The van der Waals surface area contributed by atoms with E-state index in [9.17, 15) is 9.59 Å². The van der Waals surface area contributed by atoms with E-state index in [1.807, 2.05) is 0 Å². The SMILES string of the molecule is CCC1CN(c2nc(C(=O)OC)c(C(C)=O)s2)CCN1C. The minimum Gasteiger partial charge on any atom is -0.464 e. The first-order valence-electron chi connectivity index (χ1n) is 7.03. The van der Waals surface area contributed by atoms with Gasteiger partial charge >= 0.3 is 5.97 Å². The first kappa shape index (κ1) is 15.9. The van der Waals surface area contributed by atoms with Gasteiger partial charge < -0.3 is 9.64 Å². The van der Waals surface area contributed by atoms with Crippen LogP contribution in [0.25, 0.3) is 0 Å². The first-order chi connectivity index (χ1) is 9.97. The van der Waals surface area contributed by atoms with Crippen molar-refractivity contribution in [3.05, 3.63) is 10.6 Å². The van der Waals surface area contributed by atoms with Crippen LogP contribution in [0.4, 0.5) is 5.13 Å². The fraction of sp³-hybridized carbons (Fsp3) is 0.643. The third-order valence-corrected chi connectivity index (χ3v) is 5.05. The van der Waals surface area contributed by atoms with Crippen molar-refractivity contribution in [3.8, 4) is 0 Å². The Morgan fingerprint density at radius 3 is 2.71 bits per heavy atom. The summed E-state index contributed by atoms with van der Waals surface area (Å²) in [5, 5.41) is 0.729. The quantitative estimate of drug-likeness (QED) is 0.622. The molecule has 1 aliphatic heterocycles. The van der Waals surface area contributed by atoms with E-state index in [-0.39, 0.29) is 11.5 Å². The van der Waals surface area contributed by atoms with E-state index in [0.29, 0.717) is 10.9 Å². The van der Waals surface area contributed by atoms with E-state index in [0.717, 1.165) is 31.2 Å². The molecular formula is C14H21N3O3S. The average Bonchev–Trinajstić information content (AvgIpc) is 2.92. The van der Waals surface area contributed by atoms with E-state index >= 15 is 0 Å². The fourth-order valence-electron chi connectivity index (χ4n) is 2.48. The highest BCUT2D eigenvalue weighted by Crippen LogP contribution is 2.29. The molecule has 0 amide bonds. The van der Waals surface area contributed by atoms with Crippen LogP contribution in [0.1, 0.15) is 40.4 Å². The van der Waals surface area contributed by atoms with E-state index in [4.69, 9.17) is 4.74 Å². The molecule has 0 N–H and O–H groups in total. The molecule has 1 aromatic rings. The van der Waals surface area contributed by atoms with Crippen LogP contribution in [0, 0.1) is 0 Å². The molecule has 1 saturated heterocycles. The van der Waals surface area contributed by atoms with Crippen LogP contribution in [0.5, 0.6) is 0 Å². The van der Waals surface area contributed by atoms with Crippen LogP contribution in [0.2, 0.25) is 0 Å². The Labute approximate surface area is 128 Å². The van der Waals surface area contributed by atoms with Crippen LogP contribution < -0.4 is 4.90 Å². The number of rotatable bonds is 4. The largest absolute Gasteiger partial charge is 0.464 e. The van der Waals surface area contributed by atoms with E-state index < -0.39 is 5.97 Å². The molecule has 2 heterocycles. The number of Topliss-reactive ketones (excluding diaryl/α,β-unsaturated/α-hetero) is 1. The zero-order chi connectivity index (χ0) is 15.6. The lowest BCUT2D eigenvalue weighted by Gasteiger charge is -2.38. The molecule has 1 unspecified atom stereocenters. The molecule has 7 heteroatoms. The number of methoxy groups -OCH3 is 1. The van der Waals surface area contributed by atoms with Gasteiger partial charge in [-0.1, -0.05) is 18.3 Å². The number of thiazole rings is 1. The van der Waals surface area contributed by atoms with Gasteiger partial charge in [0, 0.05) is 32.6 Å². The number of carbonyl (C=O) groups is 2. The van der Waals surface area contributed by atoms with Crippen molar-refractivity contribution in [2.75, 3.05) is 38.7 Å². The Bertz CT molecular complexity index is 544. The van der Waals surface area contributed by atoms with Crippen molar-refractivity contribution in [3.63, 3.8) is 0 Å². The van der Waals surface area contributed by atoms with Gasteiger partial charge in [0.25, 0.3) is 0 Å². The summed E-state index contributed by atoms with van der Waals surface area (Å²) in [5.41, 5.74) is 0.136. The second-order valence-electron chi connectivity index (χ2n) is 5.21. The number of hydrogen-bond donors (Lipinski definition) is 0. The Morgan fingerprint density at radius 1 is 1.43 bits per heavy atom. The van der Waals surface area contributed by atoms with Gasteiger partial charge in [0.2, 0.25) is 0 Å². The second kappa shape index (κ2) is 6.53. The van der Waals surface area contributed by atoms with Crippen molar-refractivity contribution in [1.29, 1.82) is 0 Å². The first-order valence-corrected chi connectivity index (χ1v) is 7.84. The molecule has 0 bridgehead atoms. The maximum absolute atomic E-state index is 11.8. The van der Waals surface area contributed by atoms with Crippen molar-refractivity contribution < 1.29 is 14.3 Å². The van der Waals surface area contributed by atoms with Gasteiger partial charge in [-0.2, -0.15) is 0 Å². The van der Waals surface area contributed by atoms with Gasteiger partial charge in [-0.3, -0.25) is 9.69 Å². The summed E-state index contributed by atoms with van der Waals surface area (Å²) in [6.45, 7) is 6.26. The fourth-order valence-corrected chi connectivity index (χ4v) is 3.46. The zero-order valence-corrected chi connectivity index (χ0v) is 13.7. The number of aromatic nitrogens is 1. The number of nitrogens with zero attached hydrogens (tertiary/aromatic N) is 3. The predicted molar refractivity (Wildman–Crippen MR) is 82.4 cm³/mol. The third-order valence-electron chi connectivity index (χ3n) is 3.83. The van der Waals surface area contributed by atoms with Crippen LogP contribution >= 0.6 is 11.3 Å². The number of piperazine rings is 1. The Balaban J connectivity index is 2.28. The molecule has 2 rings (SSSR count). The number of likely N-dealkylation sites (N-methyl/N-ethyl adjacent to an activating group) is 1. The molecular weight excluding hydrogens is 290 g/mol. The summed E-state index contributed by atoms with van der Waals surface area (Å²) in [6, 6.07) is 0.463. The lowest BCUT2D eigenvalue weighted by molar-refractivity contribution is 0.0591. The van der Waals surface area contributed by atoms with Gasteiger partial charge in [0.05, 0.1) is 7.11 Å². The Morgan fingerprint density at radius 2 is 2.14 bits per heavy atom. The monoisotopic (exact) mass is 311 g/mol. The molecule has 0 aliphatic carbocycles. The van der Waals surface area contributed by atoms with E-state index in [1.54, 1.807) is 0 Å². The molecule has 1 aromatic heterocycles. The third kappa shape index (κ3) is 3.24. The smallest absolute Gasteiger partial charge is 0.358 e. The zero-order valence-electron chi connectivity index (χ0n) is 12.9. The molecule has 0 saturated carbocycles. The van der Waals surface area contributed by atoms with Crippen LogP contribution in [0.3, 0.4) is 0 Å². The number of ketones is 1. The van der Waals surface area contributed by atoms with Gasteiger partial charge in [-0.25, -0.2) is 9.78 Å². The van der Waals surface area contributed by atoms with Gasteiger partial charge in [-0.15, -0.1) is 0 Å². The summed E-state index contributed by atoms with van der Waals surface area (Å²) >= 11 is 1.28. The van der Waals surface area contributed by atoms with E-state index in [2.05, 4.69) is 28.8 Å². The Hall–Kier alpha value is -1.47. The molecule has 1 aliphatic rings. The average molecular weight is 311 g/mol. The molecule has 0 spiro atoms. The molecule has 1 fully saturated rings. The van der Waals surface area contributed by atoms with Crippen LogP contribution in [-0.2, 0) is 4.74 Å². The topological polar surface area (TPSA) is 62.7 Å². The summed E-state index contributed by atoms with van der Waals surface area (Å²) < 4.78 is 4.71. The minimum absolute atomic E-state index is 0.136. The van der Waals surface area contributed by atoms with Crippen LogP contribution in [-0.4, -0.2) is 61.5 Å². The second-order valence-corrected chi connectivity index (χ2v) is 6.19. The predicted octanol–water partition coefficient (Wildman–Crippen LogP) is 1.66. The van der Waals surface area contributed by atoms with Crippen LogP contribution in [0.15, 0.2) is 0 Å². The Kier molecular flexibility index (Phi) is 4.95. The van der Waals surface area contributed by atoms with Crippen molar-refractivity contribution in [2.24, 2.45) is 0 Å². The number of carbonyl (C=O) groups excluding carboxylic acids is 2. The number of anilines is 1. The van der Waals surface area contributed by atoms with Gasteiger partial charge in [-0.05, 0) is 13.5 Å². The summed E-state index contributed by atoms with van der Waals surface area (Å²) in [4.78, 5) is 32.7. The highest BCUT2D eigenvalue weighted by Gasteiger charge is 2.28. The van der Waals surface area contributed by atoms with Crippen molar-refractivity contribution >= 4 is 28.2 Å². The van der Waals surface area contributed by atoms with E-state index in [1.165, 1.54) is 25.4 Å². The maximum atomic E-state index is 11.8. The molecule has 0 aromatic carbocycles. The normalized spacial score (nSPS) is 19.6. The van der Waals surface area contributed by atoms with Crippen molar-refractivity contribution in [2.45, 2.75) is 26.3 Å². The summed E-state index contributed by atoms with van der Waals surface area (Å²) in [7, 11) is 3.42. The van der Waals surface area contributed by atoms with Crippen molar-refractivity contribution in [1.82, 2.24) is 9.88 Å². The highest BCUT2D eigenvalue weighted by atomic mass is 32.1. The lowest BCUT2D eigenvalue weighted by atomic mass is 10.1. The molecule has 0 radical (unpaired) electrons. The number of ether oxygens (including phenoxy) is 1. The maximum Gasteiger partial charge on any atom is 0.358 e. The highest BCUT2D eigenvalue weighted by molar-refractivity contribution is 7.17. The molecule has 21 heavy (non-hydrogen) atoms. The summed E-state index contributed by atoms with van der Waals surface area (Å²) in [5.74, 6) is -0.704. The number of hydrogen-bond acceptors (Lipinski definition) is 7. The van der Waals surface area contributed by atoms with Gasteiger partial charge in [0.15, 0.2) is 16.6 Å². The minimum atomic E-state index is -0.552. The standard InChI is InChI=1S/C14H21N3O3S/c1-5-10-8-17(7-6-16(10)3)14-15-11(13(19)20-4)12(21-14)9(2)18/h10H,5-8H2,1-4H3.